The Hall–Kier alpha value is -2.29. The standard InChI is InChI=1S/C12H10F2N4O2S/c1-2-15-11-10(18(19)20)12(17-6-16-11)21-7-3-4-8(13)9(14)5-7/h3-6H,2H2,1H3,(H,15,16,17). The summed E-state index contributed by atoms with van der Waals surface area (Å²) in [7, 11) is 0. The summed E-state index contributed by atoms with van der Waals surface area (Å²) < 4.78 is 26.1. The van der Waals surface area contributed by atoms with E-state index in [1.165, 1.54) is 12.4 Å². The number of nitrogens with one attached hydrogen (secondary N) is 1. The zero-order valence-electron chi connectivity index (χ0n) is 10.8. The molecule has 1 N–H and O–H groups in total. The average Bonchev–Trinajstić information content (AvgIpc) is 2.43. The number of benzene rings is 1. The number of nitro groups is 1. The molecule has 0 aliphatic heterocycles. The zero-order valence-corrected chi connectivity index (χ0v) is 11.7. The molecular weight excluding hydrogens is 302 g/mol. The van der Waals surface area contributed by atoms with Crippen molar-refractivity contribution in [2.45, 2.75) is 16.8 Å². The normalized spacial score (nSPS) is 10.4. The molecule has 0 aliphatic rings. The van der Waals surface area contributed by atoms with E-state index in [2.05, 4.69) is 15.3 Å². The van der Waals surface area contributed by atoms with Crippen LogP contribution in [0.15, 0.2) is 34.4 Å². The van der Waals surface area contributed by atoms with Gasteiger partial charge in [-0.15, -0.1) is 0 Å². The fourth-order valence-electron chi connectivity index (χ4n) is 1.55. The Morgan fingerprint density at radius 1 is 1.33 bits per heavy atom. The Balaban J connectivity index is 2.41. The summed E-state index contributed by atoms with van der Waals surface area (Å²) in [6.45, 7) is 2.22. The highest BCUT2D eigenvalue weighted by molar-refractivity contribution is 7.99. The number of anilines is 1. The lowest BCUT2D eigenvalue weighted by Gasteiger charge is -2.06. The van der Waals surface area contributed by atoms with Crippen molar-refractivity contribution >= 4 is 23.3 Å². The lowest BCUT2D eigenvalue weighted by atomic mass is 10.3. The van der Waals surface area contributed by atoms with E-state index in [0.29, 0.717) is 11.4 Å². The molecule has 21 heavy (non-hydrogen) atoms. The van der Waals surface area contributed by atoms with Crippen LogP contribution in [0.25, 0.3) is 0 Å². The first kappa shape index (κ1) is 15.1. The van der Waals surface area contributed by atoms with Crippen LogP contribution < -0.4 is 5.32 Å². The molecule has 0 fully saturated rings. The SMILES string of the molecule is CCNc1ncnc(Sc2ccc(F)c(F)c2)c1[N+](=O)[O-]. The van der Waals surface area contributed by atoms with E-state index in [0.717, 1.165) is 23.9 Å². The first-order valence-electron chi connectivity index (χ1n) is 5.89. The Bertz CT molecular complexity index is 684. The van der Waals surface area contributed by atoms with Crippen LogP contribution in [0.2, 0.25) is 0 Å². The molecule has 2 aromatic rings. The molecular formula is C12H10F2N4O2S. The fraction of sp³-hybridized carbons (Fsp3) is 0.167. The van der Waals surface area contributed by atoms with Gasteiger partial charge >= 0.3 is 5.69 Å². The van der Waals surface area contributed by atoms with E-state index in [1.54, 1.807) is 6.92 Å². The Morgan fingerprint density at radius 3 is 2.71 bits per heavy atom. The minimum Gasteiger partial charge on any atom is -0.364 e. The molecule has 1 aromatic carbocycles. The van der Waals surface area contributed by atoms with Crippen molar-refractivity contribution in [3.8, 4) is 0 Å². The maximum absolute atomic E-state index is 13.2. The van der Waals surface area contributed by atoms with Gasteiger partial charge in [-0.1, -0.05) is 11.8 Å². The maximum atomic E-state index is 13.2. The van der Waals surface area contributed by atoms with E-state index in [1.807, 2.05) is 0 Å². The predicted octanol–water partition coefficient (Wildman–Crippen LogP) is 3.25. The van der Waals surface area contributed by atoms with Crippen molar-refractivity contribution in [1.82, 2.24) is 9.97 Å². The largest absolute Gasteiger partial charge is 0.364 e. The third kappa shape index (κ3) is 3.43. The molecule has 0 aliphatic carbocycles. The van der Waals surface area contributed by atoms with E-state index in [9.17, 15) is 18.9 Å². The Morgan fingerprint density at radius 2 is 2.10 bits per heavy atom. The summed E-state index contributed by atoms with van der Waals surface area (Å²) in [4.78, 5) is 18.5. The number of halogens is 2. The highest BCUT2D eigenvalue weighted by atomic mass is 32.2. The number of rotatable bonds is 5. The van der Waals surface area contributed by atoms with Crippen molar-refractivity contribution in [3.05, 3.63) is 46.3 Å². The van der Waals surface area contributed by atoms with Crippen LogP contribution in [0, 0.1) is 21.7 Å². The van der Waals surface area contributed by atoms with Gasteiger partial charge in [-0.2, -0.15) is 0 Å². The van der Waals surface area contributed by atoms with Gasteiger partial charge in [-0.05, 0) is 25.1 Å². The summed E-state index contributed by atoms with van der Waals surface area (Å²) >= 11 is 0.866. The first-order valence-corrected chi connectivity index (χ1v) is 6.70. The van der Waals surface area contributed by atoms with Gasteiger partial charge in [0.1, 0.15) is 6.33 Å². The summed E-state index contributed by atoms with van der Waals surface area (Å²) in [5, 5.41) is 14.0. The third-order valence-corrected chi connectivity index (χ3v) is 3.40. The van der Waals surface area contributed by atoms with Gasteiger partial charge < -0.3 is 5.32 Å². The van der Waals surface area contributed by atoms with Crippen LogP contribution in [-0.2, 0) is 0 Å². The van der Waals surface area contributed by atoms with Gasteiger partial charge in [0.2, 0.25) is 5.82 Å². The minimum atomic E-state index is -1.02. The Labute approximate surface area is 122 Å². The van der Waals surface area contributed by atoms with Crippen LogP contribution in [0.3, 0.4) is 0 Å². The monoisotopic (exact) mass is 312 g/mol. The molecule has 0 bridgehead atoms. The van der Waals surface area contributed by atoms with E-state index in [-0.39, 0.29) is 16.5 Å². The van der Waals surface area contributed by atoms with E-state index in [4.69, 9.17) is 0 Å². The van der Waals surface area contributed by atoms with Gasteiger partial charge in [0.05, 0.1) is 4.92 Å². The average molecular weight is 312 g/mol. The second-order valence-corrected chi connectivity index (χ2v) is 4.90. The molecule has 0 unspecified atom stereocenters. The van der Waals surface area contributed by atoms with Gasteiger partial charge in [0.25, 0.3) is 0 Å². The lowest BCUT2D eigenvalue weighted by Crippen LogP contribution is -2.05. The third-order valence-electron chi connectivity index (χ3n) is 2.42. The van der Waals surface area contributed by atoms with Crippen LogP contribution in [0.5, 0.6) is 0 Å². The van der Waals surface area contributed by atoms with Crippen molar-refractivity contribution in [2.75, 3.05) is 11.9 Å². The highest BCUT2D eigenvalue weighted by Gasteiger charge is 2.23. The molecule has 110 valence electrons. The molecule has 0 radical (unpaired) electrons. The quantitative estimate of drug-likeness (QED) is 0.518. The molecule has 0 amide bonds. The van der Waals surface area contributed by atoms with E-state index >= 15 is 0 Å². The molecule has 6 nitrogen and oxygen atoms in total. The van der Waals surface area contributed by atoms with Gasteiger partial charge in [-0.25, -0.2) is 18.7 Å². The molecule has 0 spiro atoms. The molecule has 0 saturated heterocycles. The Kier molecular flexibility index (Phi) is 4.63. The summed E-state index contributed by atoms with van der Waals surface area (Å²) in [6.07, 6.45) is 1.17. The van der Waals surface area contributed by atoms with Crippen molar-refractivity contribution in [2.24, 2.45) is 0 Å². The van der Waals surface area contributed by atoms with Crippen LogP contribution in [0.1, 0.15) is 6.92 Å². The maximum Gasteiger partial charge on any atom is 0.343 e. The fourth-order valence-corrected chi connectivity index (χ4v) is 2.44. The van der Waals surface area contributed by atoms with Crippen molar-refractivity contribution in [1.29, 1.82) is 0 Å². The second-order valence-electron chi connectivity index (χ2n) is 3.84. The lowest BCUT2D eigenvalue weighted by molar-refractivity contribution is -0.387. The molecule has 1 heterocycles. The van der Waals surface area contributed by atoms with Gasteiger partial charge in [0.15, 0.2) is 16.7 Å². The minimum absolute atomic E-state index is 0.0527. The van der Waals surface area contributed by atoms with Crippen LogP contribution in [0.4, 0.5) is 20.3 Å². The van der Waals surface area contributed by atoms with Crippen LogP contribution in [-0.4, -0.2) is 21.4 Å². The second kappa shape index (κ2) is 6.44. The summed E-state index contributed by atoms with van der Waals surface area (Å²) in [5.41, 5.74) is -0.297. The molecule has 2 rings (SSSR count). The van der Waals surface area contributed by atoms with Crippen molar-refractivity contribution < 1.29 is 13.7 Å². The molecule has 0 saturated carbocycles. The first-order chi connectivity index (χ1) is 10.0. The predicted molar refractivity (Wildman–Crippen MR) is 73.3 cm³/mol. The van der Waals surface area contributed by atoms with E-state index < -0.39 is 16.6 Å². The molecule has 0 atom stereocenters. The van der Waals surface area contributed by atoms with Crippen molar-refractivity contribution in [3.63, 3.8) is 0 Å². The number of hydrogen-bond donors (Lipinski definition) is 1. The highest BCUT2D eigenvalue weighted by Crippen LogP contribution is 2.36. The number of aromatic nitrogens is 2. The summed E-state index contributed by atoms with van der Waals surface area (Å²) in [6, 6.07) is 3.23. The van der Waals surface area contributed by atoms with Crippen LogP contribution >= 0.6 is 11.8 Å². The summed E-state index contributed by atoms with van der Waals surface area (Å²) in [5.74, 6) is -1.92. The smallest absolute Gasteiger partial charge is 0.343 e. The molecule has 9 heteroatoms. The van der Waals surface area contributed by atoms with Gasteiger partial charge in [-0.3, -0.25) is 10.1 Å². The molecule has 1 aromatic heterocycles. The topological polar surface area (TPSA) is 81.0 Å². The zero-order chi connectivity index (χ0) is 15.4. The number of hydrogen-bond acceptors (Lipinski definition) is 6. The van der Waals surface area contributed by atoms with Gasteiger partial charge in [0, 0.05) is 11.4 Å². The number of nitrogens with zero attached hydrogens (tertiary/aromatic N) is 3.